The second-order valence-corrected chi connectivity index (χ2v) is 10.2. The van der Waals surface area contributed by atoms with Crippen LogP contribution in [0.15, 0.2) is 34.9 Å². The van der Waals surface area contributed by atoms with Gasteiger partial charge in [-0.1, -0.05) is 12.1 Å². The Kier molecular flexibility index (Phi) is 6.37. The maximum Gasteiger partial charge on any atom is 0.223 e. The lowest BCUT2D eigenvalue weighted by Crippen LogP contribution is -2.56. The molecule has 3 saturated heterocycles. The van der Waals surface area contributed by atoms with Crippen LogP contribution in [0.4, 0.5) is 4.39 Å². The summed E-state index contributed by atoms with van der Waals surface area (Å²) in [4.78, 5) is 26.6. The summed E-state index contributed by atoms with van der Waals surface area (Å²) < 4.78 is 21.7. The van der Waals surface area contributed by atoms with Gasteiger partial charge in [0.1, 0.15) is 16.1 Å². The van der Waals surface area contributed by atoms with Crippen molar-refractivity contribution in [2.45, 2.75) is 69.3 Å². The first kappa shape index (κ1) is 22.7. The first-order valence-electron chi connectivity index (χ1n) is 11.6. The van der Waals surface area contributed by atoms with E-state index in [1.807, 2.05) is 0 Å². The van der Waals surface area contributed by atoms with Crippen LogP contribution >= 0.6 is 15.9 Å². The number of hydrogen-bond acceptors (Lipinski definition) is 5. The van der Waals surface area contributed by atoms with Crippen molar-refractivity contribution in [1.29, 1.82) is 0 Å². The Bertz CT molecular complexity index is 1050. The van der Waals surface area contributed by atoms with Crippen LogP contribution in [0.3, 0.4) is 0 Å². The Morgan fingerprint density at radius 1 is 1.30 bits per heavy atom. The quantitative estimate of drug-likeness (QED) is 0.566. The summed E-state index contributed by atoms with van der Waals surface area (Å²) in [6, 6.07) is 8.10. The molecule has 0 spiro atoms. The highest BCUT2D eigenvalue weighted by Crippen LogP contribution is 2.41. The molecule has 5 rings (SSSR count). The van der Waals surface area contributed by atoms with Crippen molar-refractivity contribution in [2.24, 2.45) is 5.92 Å². The number of halogens is 2. The van der Waals surface area contributed by atoms with E-state index in [1.165, 1.54) is 12.1 Å². The molecule has 2 bridgehead atoms. The third-order valence-corrected chi connectivity index (χ3v) is 7.67. The predicted molar refractivity (Wildman–Crippen MR) is 123 cm³/mol. The van der Waals surface area contributed by atoms with Gasteiger partial charge >= 0.3 is 0 Å². The maximum absolute atomic E-state index is 13.6. The van der Waals surface area contributed by atoms with Gasteiger partial charge < -0.3 is 15.4 Å². The van der Waals surface area contributed by atoms with E-state index in [2.05, 4.69) is 31.7 Å². The highest BCUT2D eigenvalue weighted by molar-refractivity contribution is 9.10. The molecule has 3 aliphatic rings. The Morgan fingerprint density at radius 2 is 2.18 bits per heavy atom. The molecule has 9 heteroatoms. The highest BCUT2D eigenvalue weighted by Gasteiger charge is 2.52. The van der Waals surface area contributed by atoms with E-state index in [4.69, 9.17) is 4.74 Å². The summed E-state index contributed by atoms with van der Waals surface area (Å²) in [6.07, 6.45) is 5.48. The van der Waals surface area contributed by atoms with Gasteiger partial charge in [-0.3, -0.25) is 9.59 Å². The van der Waals surface area contributed by atoms with Crippen LogP contribution in [0.1, 0.15) is 67.2 Å². The van der Waals surface area contributed by atoms with Gasteiger partial charge in [-0.2, -0.15) is 5.10 Å². The molecule has 0 radical (unpaired) electrons. The Labute approximate surface area is 200 Å². The van der Waals surface area contributed by atoms with Gasteiger partial charge in [0.2, 0.25) is 11.7 Å². The number of benzene rings is 1. The van der Waals surface area contributed by atoms with Crippen LogP contribution in [0, 0.1) is 11.7 Å². The first-order chi connectivity index (χ1) is 15.9. The topological polar surface area (TPSA) is 85.2 Å². The normalized spacial score (nSPS) is 29.1. The minimum atomic E-state index is -0.782. The van der Waals surface area contributed by atoms with Crippen molar-refractivity contribution in [1.82, 2.24) is 20.4 Å². The van der Waals surface area contributed by atoms with E-state index in [-0.39, 0.29) is 42.2 Å². The molecule has 4 atom stereocenters. The third-order valence-electron chi connectivity index (χ3n) is 7.08. The molecule has 0 aliphatic carbocycles. The molecule has 4 heterocycles. The van der Waals surface area contributed by atoms with E-state index >= 15 is 0 Å². The fourth-order valence-electron chi connectivity index (χ4n) is 5.44. The SMILES string of the molecule is O=C(NCc1cccc(F)c1)C1CC2CCC(C(=O)c3cc(Br)n(C4CCCCO4)n3)(C1)N2. The molecule has 7 nitrogen and oxygen atoms in total. The number of carbonyl (C=O) groups is 2. The molecule has 33 heavy (non-hydrogen) atoms. The number of rotatable bonds is 6. The van der Waals surface area contributed by atoms with Crippen molar-refractivity contribution in [3.63, 3.8) is 0 Å². The summed E-state index contributed by atoms with van der Waals surface area (Å²) >= 11 is 3.53. The number of amides is 1. The van der Waals surface area contributed by atoms with Gasteiger partial charge in [-0.05, 0) is 78.6 Å². The zero-order valence-electron chi connectivity index (χ0n) is 18.4. The van der Waals surface area contributed by atoms with Crippen molar-refractivity contribution in [3.8, 4) is 0 Å². The van der Waals surface area contributed by atoms with Gasteiger partial charge in [0.25, 0.3) is 0 Å². The molecular weight excluding hydrogens is 491 g/mol. The summed E-state index contributed by atoms with van der Waals surface area (Å²) in [5, 5.41) is 11.0. The van der Waals surface area contributed by atoms with Crippen LogP contribution in [0.5, 0.6) is 0 Å². The van der Waals surface area contributed by atoms with Crippen molar-refractivity contribution >= 4 is 27.6 Å². The van der Waals surface area contributed by atoms with E-state index in [0.29, 0.717) is 37.1 Å². The minimum Gasteiger partial charge on any atom is -0.356 e. The first-order valence-corrected chi connectivity index (χ1v) is 12.4. The van der Waals surface area contributed by atoms with E-state index in [1.54, 1.807) is 22.9 Å². The number of aromatic nitrogens is 2. The third kappa shape index (κ3) is 4.63. The molecule has 176 valence electrons. The second kappa shape index (κ2) is 9.27. The molecule has 1 aromatic heterocycles. The average Bonchev–Trinajstić information content (AvgIpc) is 3.37. The Balaban J connectivity index is 1.29. The van der Waals surface area contributed by atoms with Crippen LogP contribution < -0.4 is 10.6 Å². The Hall–Kier alpha value is -2.10. The number of ketones is 1. The maximum atomic E-state index is 13.6. The molecule has 2 N–H and O–H groups in total. The van der Waals surface area contributed by atoms with Crippen LogP contribution in [-0.2, 0) is 16.1 Å². The summed E-state index contributed by atoms with van der Waals surface area (Å²) in [7, 11) is 0. The van der Waals surface area contributed by atoms with Gasteiger partial charge in [0, 0.05) is 31.2 Å². The summed E-state index contributed by atoms with van der Waals surface area (Å²) in [5.41, 5.74) is 0.326. The minimum absolute atomic E-state index is 0.0668. The van der Waals surface area contributed by atoms with Crippen molar-refractivity contribution < 1.29 is 18.7 Å². The van der Waals surface area contributed by atoms with Crippen molar-refractivity contribution in [3.05, 3.63) is 52.0 Å². The zero-order valence-corrected chi connectivity index (χ0v) is 19.9. The molecule has 1 aromatic carbocycles. The molecule has 1 amide bonds. The number of hydrogen-bond donors (Lipinski definition) is 2. The van der Waals surface area contributed by atoms with Gasteiger partial charge in [-0.25, -0.2) is 9.07 Å². The van der Waals surface area contributed by atoms with Crippen LogP contribution in [0.2, 0.25) is 0 Å². The molecule has 2 aromatic rings. The fraction of sp³-hybridized carbons (Fsp3) is 0.542. The van der Waals surface area contributed by atoms with E-state index in [9.17, 15) is 14.0 Å². The fourth-order valence-corrected chi connectivity index (χ4v) is 5.96. The number of ether oxygens (including phenoxy) is 1. The number of fused-ring (bicyclic) bond motifs is 2. The summed E-state index contributed by atoms with van der Waals surface area (Å²) in [5.74, 6) is -0.756. The number of carbonyl (C=O) groups excluding carboxylic acids is 2. The number of nitrogens with zero attached hydrogens (tertiary/aromatic N) is 2. The molecule has 4 unspecified atom stereocenters. The number of nitrogens with one attached hydrogen (secondary N) is 2. The predicted octanol–water partition coefficient (Wildman–Crippen LogP) is 3.88. The molecule has 0 saturated carbocycles. The lowest BCUT2D eigenvalue weighted by atomic mass is 9.79. The number of Topliss-reactive ketones (excluding diaryl/α,β-unsaturated/α-hetero) is 1. The standard InChI is InChI=1S/C24H28BrFN4O3/c25-20-12-19(29-30(20)21-6-1-2-9-33-21)22(31)24-8-7-18(28-24)11-16(13-24)23(32)27-14-15-4-3-5-17(26)10-15/h3-5,10,12,16,18,21,28H,1-2,6-9,11,13-14H2,(H,27,32). The van der Waals surface area contributed by atoms with E-state index < -0.39 is 5.54 Å². The van der Waals surface area contributed by atoms with Crippen LogP contribution in [-0.4, -0.2) is 39.7 Å². The second-order valence-electron chi connectivity index (χ2n) is 9.39. The largest absolute Gasteiger partial charge is 0.356 e. The average molecular weight is 519 g/mol. The van der Waals surface area contributed by atoms with Crippen molar-refractivity contribution in [2.75, 3.05) is 6.61 Å². The summed E-state index contributed by atoms with van der Waals surface area (Å²) in [6.45, 7) is 0.963. The lowest BCUT2D eigenvalue weighted by Gasteiger charge is -2.37. The van der Waals surface area contributed by atoms with Crippen LogP contribution in [0.25, 0.3) is 0 Å². The Morgan fingerprint density at radius 3 is 2.97 bits per heavy atom. The van der Waals surface area contributed by atoms with Gasteiger partial charge in [-0.15, -0.1) is 0 Å². The monoisotopic (exact) mass is 518 g/mol. The molecular formula is C24H28BrFN4O3. The van der Waals surface area contributed by atoms with E-state index in [0.717, 1.165) is 30.3 Å². The zero-order chi connectivity index (χ0) is 23.0. The molecule has 3 aliphatic heterocycles. The molecule has 3 fully saturated rings. The number of piperidine rings is 1. The highest BCUT2D eigenvalue weighted by atomic mass is 79.9. The van der Waals surface area contributed by atoms with Gasteiger partial charge in [0.15, 0.2) is 6.23 Å². The smallest absolute Gasteiger partial charge is 0.223 e. The van der Waals surface area contributed by atoms with Gasteiger partial charge in [0.05, 0.1) is 5.54 Å². The lowest BCUT2D eigenvalue weighted by molar-refractivity contribution is -0.126.